The lowest BCUT2D eigenvalue weighted by molar-refractivity contribution is -0.117. The molecule has 0 rings (SSSR count). The SMILES string of the molecule is C#CC(=O)NC(C)(CC)CO. The van der Waals surface area contributed by atoms with Gasteiger partial charge in [0.15, 0.2) is 0 Å². The molecule has 3 heteroatoms. The Bertz CT molecular complexity index is 177. The maximum absolute atomic E-state index is 10.7. The molecular formula is C8H13NO2. The Balaban J connectivity index is 4.10. The molecule has 0 aromatic heterocycles. The molecule has 3 nitrogen and oxygen atoms in total. The molecule has 62 valence electrons. The number of hydrogen-bond acceptors (Lipinski definition) is 2. The number of hydrogen-bond donors (Lipinski definition) is 2. The van der Waals surface area contributed by atoms with Gasteiger partial charge >= 0.3 is 0 Å². The second-order valence-corrected chi connectivity index (χ2v) is 2.67. The Morgan fingerprint density at radius 2 is 2.36 bits per heavy atom. The van der Waals surface area contributed by atoms with Gasteiger partial charge in [-0.25, -0.2) is 0 Å². The standard InChI is InChI=1S/C8H13NO2/c1-4-7(11)9-8(3,5-2)6-10/h1,10H,5-6H2,2-3H3,(H,9,11). The van der Waals surface area contributed by atoms with Gasteiger partial charge in [0.2, 0.25) is 0 Å². The molecule has 2 N–H and O–H groups in total. The highest BCUT2D eigenvalue weighted by Crippen LogP contribution is 2.06. The number of aliphatic hydroxyl groups is 1. The lowest BCUT2D eigenvalue weighted by atomic mass is 10.0. The Hall–Kier alpha value is -1.01. The zero-order valence-electron chi connectivity index (χ0n) is 6.85. The molecule has 0 aromatic rings. The van der Waals surface area contributed by atoms with E-state index in [1.165, 1.54) is 0 Å². The number of terminal acetylenes is 1. The highest BCUT2D eigenvalue weighted by molar-refractivity contribution is 5.93. The second-order valence-electron chi connectivity index (χ2n) is 2.67. The number of nitrogens with one attached hydrogen (secondary N) is 1. The van der Waals surface area contributed by atoms with Crippen molar-refractivity contribution in [3.05, 3.63) is 0 Å². The van der Waals surface area contributed by atoms with Crippen molar-refractivity contribution in [2.45, 2.75) is 25.8 Å². The Morgan fingerprint density at radius 3 is 2.64 bits per heavy atom. The maximum Gasteiger partial charge on any atom is 0.296 e. The van der Waals surface area contributed by atoms with E-state index in [2.05, 4.69) is 5.32 Å². The van der Waals surface area contributed by atoms with Crippen LogP contribution in [0.2, 0.25) is 0 Å². The zero-order chi connectivity index (χ0) is 8.91. The second kappa shape index (κ2) is 3.99. The average Bonchev–Trinajstić information content (AvgIpc) is 2.04. The van der Waals surface area contributed by atoms with Crippen LogP contribution < -0.4 is 5.32 Å². The van der Waals surface area contributed by atoms with Crippen LogP contribution in [-0.2, 0) is 4.79 Å². The van der Waals surface area contributed by atoms with E-state index in [1.54, 1.807) is 6.92 Å². The molecule has 0 saturated heterocycles. The minimum Gasteiger partial charge on any atom is -0.394 e. The van der Waals surface area contributed by atoms with E-state index >= 15 is 0 Å². The minimum absolute atomic E-state index is 0.100. The monoisotopic (exact) mass is 155 g/mol. The molecule has 0 heterocycles. The molecule has 0 fully saturated rings. The zero-order valence-corrected chi connectivity index (χ0v) is 6.85. The fraction of sp³-hybridized carbons (Fsp3) is 0.625. The fourth-order valence-corrected chi connectivity index (χ4v) is 0.550. The topological polar surface area (TPSA) is 49.3 Å². The van der Waals surface area contributed by atoms with Crippen LogP contribution in [0.4, 0.5) is 0 Å². The first-order valence-electron chi connectivity index (χ1n) is 3.47. The van der Waals surface area contributed by atoms with E-state index < -0.39 is 11.4 Å². The molecule has 0 aromatic carbocycles. The highest BCUT2D eigenvalue weighted by atomic mass is 16.3. The molecule has 0 radical (unpaired) electrons. The van der Waals surface area contributed by atoms with Gasteiger partial charge in [0.05, 0.1) is 12.1 Å². The van der Waals surface area contributed by atoms with Gasteiger partial charge in [0, 0.05) is 0 Å². The van der Waals surface area contributed by atoms with Crippen molar-refractivity contribution in [3.63, 3.8) is 0 Å². The number of rotatable bonds is 3. The first-order chi connectivity index (χ1) is 5.08. The van der Waals surface area contributed by atoms with E-state index in [0.29, 0.717) is 6.42 Å². The molecule has 11 heavy (non-hydrogen) atoms. The maximum atomic E-state index is 10.7. The number of amides is 1. The summed E-state index contributed by atoms with van der Waals surface area (Å²) < 4.78 is 0. The van der Waals surface area contributed by atoms with Crippen molar-refractivity contribution >= 4 is 5.91 Å². The molecule has 0 spiro atoms. The van der Waals surface area contributed by atoms with Gasteiger partial charge in [-0.1, -0.05) is 6.92 Å². The van der Waals surface area contributed by atoms with Crippen LogP contribution >= 0.6 is 0 Å². The lowest BCUT2D eigenvalue weighted by Gasteiger charge is -2.25. The molecule has 1 unspecified atom stereocenters. The summed E-state index contributed by atoms with van der Waals surface area (Å²) in [6.07, 6.45) is 5.49. The third-order valence-corrected chi connectivity index (χ3v) is 1.68. The first-order valence-corrected chi connectivity index (χ1v) is 3.47. The third kappa shape index (κ3) is 3.06. The Kier molecular flexibility index (Phi) is 3.63. The summed E-state index contributed by atoms with van der Waals surface area (Å²) in [7, 11) is 0. The summed E-state index contributed by atoms with van der Waals surface area (Å²) in [5.41, 5.74) is -0.580. The number of carbonyl (C=O) groups is 1. The van der Waals surface area contributed by atoms with E-state index in [9.17, 15) is 4.79 Å². The van der Waals surface area contributed by atoms with Crippen LogP contribution in [0.15, 0.2) is 0 Å². The van der Waals surface area contributed by atoms with Gasteiger partial charge in [0.1, 0.15) is 0 Å². The summed E-state index contributed by atoms with van der Waals surface area (Å²) in [6, 6.07) is 0. The van der Waals surface area contributed by atoms with E-state index in [-0.39, 0.29) is 6.61 Å². The smallest absolute Gasteiger partial charge is 0.296 e. The van der Waals surface area contributed by atoms with Crippen molar-refractivity contribution < 1.29 is 9.90 Å². The van der Waals surface area contributed by atoms with Crippen molar-refractivity contribution in [3.8, 4) is 12.3 Å². The molecule has 0 saturated carbocycles. The van der Waals surface area contributed by atoms with Crippen molar-refractivity contribution in [1.82, 2.24) is 5.32 Å². The molecule has 0 aliphatic heterocycles. The number of carbonyl (C=O) groups excluding carboxylic acids is 1. The molecule has 0 aliphatic carbocycles. The van der Waals surface area contributed by atoms with Crippen molar-refractivity contribution in [2.24, 2.45) is 0 Å². The van der Waals surface area contributed by atoms with E-state index in [4.69, 9.17) is 11.5 Å². The van der Waals surface area contributed by atoms with Gasteiger partial charge in [-0.15, -0.1) is 6.42 Å². The van der Waals surface area contributed by atoms with Crippen molar-refractivity contribution in [1.29, 1.82) is 0 Å². The van der Waals surface area contributed by atoms with Gasteiger partial charge < -0.3 is 10.4 Å². The highest BCUT2D eigenvalue weighted by Gasteiger charge is 2.21. The average molecular weight is 155 g/mol. The summed E-state index contributed by atoms with van der Waals surface area (Å²) in [5, 5.41) is 11.4. The summed E-state index contributed by atoms with van der Waals surface area (Å²) in [4.78, 5) is 10.7. The first kappa shape index (κ1) is 9.99. The normalized spacial score (nSPS) is 14.7. The summed E-state index contributed by atoms with van der Waals surface area (Å²) in [6.45, 7) is 3.51. The van der Waals surface area contributed by atoms with Crippen molar-refractivity contribution in [2.75, 3.05) is 6.61 Å². The molecule has 1 atom stereocenters. The minimum atomic E-state index is -0.580. The van der Waals surface area contributed by atoms with Crippen LogP contribution in [-0.4, -0.2) is 23.2 Å². The summed E-state index contributed by atoms with van der Waals surface area (Å²) >= 11 is 0. The largest absolute Gasteiger partial charge is 0.394 e. The van der Waals surface area contributed by atoms with Gasteiger partial charge in [-0.05, 0) is 19.3 Å². The molecule has 0 bridgehead atoms. The van der Waals surface area contributed by atoms with Crippen LogP contribution in [0.25, 0.3) is 0 Å². The van der Waals surface area contributed by atoms with Crippen LogP contribution in [0, 0.1) is 12.3 Å². The quantitative estimate of drug-likeness (QED) is 0.559. The molecular weight excluding hydrogens is 142 g/mol. The molecule has 0 aliphatic rings. The van der Waals surface area contributed by atoms with E-state index in [0.717, 1.165) is 0 Å². The predicted molar refractivity (Wildman–Crippen MR) is 42.8 cm³/mol. The lowest BCUT2D eigenvalue weighted by Crippen LogP contribution is -2.47. The fourth-order valence-electron chi connectivity index (χ4n) is 0.550. The van der Waals surface area contributed by atoms with Gasteiger partial charge in [0.25, 0.3) is 5.91 Å². The van der Waals surface area contributed by atoms with Crippen LogP contribution in [0.1, 0.15) is 20.3 Å². The number of aliphatic hydroxyl groups excluding tert-OH is 1. The summed E-state index contributed by atoms with van der Waals surface area (Å²) in [5.74, 6) is 1.45. The van der Waals surface area contributed by atoms with Crippen LogP contribution in [0.5, 0.6) is 0 Å². The van der Waals surface area contributed by atoms with Crippen LogP contribution in [0.3, 0.4) is 0 Å². The van der Waals surface area contributed by atoms with Gasteiger partial charge in [-0.3, -0.25) is 4.79 Å². The van der Waals surface area contributed by atoms with E-state index in [1.807, 2.05) is 12.8 Å². The Labute approximate surface area is 66.8 Å². The molecule has 1 amide bonds. The Morgan fingerprint density at radius 1 is 1.82 bits per heavy atom. The predicted octanol–water partition coefficient (Wildman–Crippen LogP) is -0.103. The third-order valence-electron chi connectivity index (χ3n) is 1.68. The van der Waals surface area contributed by atoms with Gasteiger partial charge in [-0.2, -0.15) is 0 Å².